The van der Waals surface area contributed by atoms with Crippen molar-refractivity contribution < 1.29 is 9.53 Å². The molecule has 3 heterocycles. The fourth-order valence-corrected chi connectivity index (χ4v) is 4.81. The van der Waals surface area contributed by atoms with Crippen molar-refractivity contribution in [3.8, 4) is 5.75 Å². The fraction of sp³-hybridized carbons (Fsp3) is 0.560. The van der Waals surface area contributed by atoms with Gasteiger partial charge in [0.25, 0.3) is 0 Å². The first kappa shape index (κ1) is 23.1. The number of aromatic nitrogens is 2. The van der Waals surface area contributed by atoms with Crippen LogP contribution in [0.2, 0.25) is 0 Å². The second kappa shape index (κ2) is 11.2. The summed E-state index contributed by atoms with van der Waals surface area (Å²) in [7, 11) is 1.69. The zero-order valence-electron chi connectivity index (χ0n) is 19.9. The van der Waals surface area contributed by atoms with Crippen LogP contribution in [0.3, 0.4) is 0 Å². The van der Waals surface area contributed by atoms with Gasteiger partial charge in [-0.1, -0.05) is 6.07 Å². The number of anilines is 3. The summed E-state index contributed by atoms with van der Waals surface area (Å²) < 4.78 is 5.34. The monoisotopic (exact) mass is 452 g/mol. The number of carbonyl (C=O) groups is 1. The Morgan fingerprint density at radius 2 is 1.97 bits per heavy atom. The summed E-state index contributed by atoms with van der Waals surface area (Å²) in [6, 6.07) is 10.2. The summed E-state index contributed by atoms with van der Waals surface area (Å²) in [4.78, 5) is 28.4. The highest BCUT2D eigenvalue weighted by atomic mass is 16.5. The molecule has 0 saturated carbocycles. The molecule has 2 saturated heterocycles. The van der Waals surface area contributed by atoms with Crippen LogP contribution >= 0.6 is 0 Å². The average Bonchev–Trinajstić information content (AvgIpc) is 2.88. The Hall–Kier alpha value is -3.03. The maximum absolute atomic E-state index is 12.9. The van der Waals surface area contributed by atoms with E-state index in [0.717, 1.165) is 81.7 Å². The minimum Gasteiger partial charge on any atom is -0.497 e. The molecule has 0 bridgehead atoms. The molecule has 0 radical (unpaired) electrons. The van der Waals surface area contributed by atoms with E-state index in [0.29, 0.717) is 12.3 Å². The molecule has 1 unspecified atom stereocenters. The van der Waals surface area contributed by atoms with Crippen molar-refractivity contribution in [2.45, 2.75) is 32.6 Å². The standard InChI is InChI=1S/C25H36N6O2/c1-3-26-23-17-24(28-19-27-23)31-11-5-6-20(18-31)9-10-25(32)30-14-12-29(13-15-30)21-7-4-8-22(16-21)33-2/h4,7-8,16-17,19-20H,3,5-6,9-15,18H2,1-2H3,(H,26,27,28). The van der Waals surface area contributed by atoms with Crippen LogP contribution in [0, 0.1) is 5.92 Å². The first-order valence-electron chi connectivity index (χ1n) is 12.1. The highest BCUT2D eigenvalue weighted by Crippen LogP contribution is 2.26. The molecular formula is C25H36N6O2. The molecule has 0 spiro atoms. The first-order valence-corrected chi connectivity index (χ1v) is 12.1. The van der Waals surface area contributed by atoms with Crippen LogP contribution in [-0.2, 0) is 4.79 Å². The van der Waals surface area contributed by atoms with Gasteiger partial charge in [-0.15, -0.1) is 0 Å². The maximum Gasteiger partial charge on any atom is 0.222 e. The minimum atomic E-state index is 0.286. The number of hydrogen-bond acceptors (Lipinski definition) is 7. The Balaban J connectivity index is 1.24. The lowest BCUT2D eigenvalue weighted by atomic mass is 9.93. The number of piperazine rings is 1. The lowest BCUT2D eigenvalue weighted by molar-refractivity contribution is -0.131. The molecule has 1 atom stereocenters. The molecule has 8 heteroatoms. The molecular weight excluding hydrogens is 416 g/mol. The third-order valence-corrected chi connectivity index (χ3v) is 6.67. The fourth-order valence-electron chi connectivity index (χ4n) is 4.81. The third-order valence-electron chi connectivity index (χ3n) is 6.67. The van der Waals surface area contributed by atoms with Crippen LogP contribution in [0.4, 0.5) is 17.3 Å². The van der Waals surface area contributed by atoms with Crippen LogP contribution in [0.1, 0.15) is 32.6 Å². The largest absolute Gasteiger partial charge is 0.497 e. The third kappa shape index (κ3) is 6.06. The van der Waals surface area contributed by atoms with Gasteiger partial charge in [-0.2, -0.15) is 0 Å². The highest BCUT2D eigenvalue weighted by molar-refractivity contribution is 5.76. The summed E-state index contributed by atoms with van der Waals surface area (Å²) in [5, 5.41) is 3.26. The van der Waals surface area contributed by atoms with Gasteiger partial charge in [0, 0.05) is 70.1 Å². The van der Waals surface area contributed by atoms with E-state index < -0.39 is 0 Å². The molecule has 2 aromatic rings. The Bertz CT molecular complexity index is 915. The van der Waals surface area contributed by atoms with Gasteiger partial charge in [-0.3, -0.25) is 4.79 Å². The molecule has 2 fully saturated rings. The summed E-state index contributed by atoms with van der Waals surface area (Å²) in [5.41, 5.74) is 1.16. The van der Waals surface area contributed by atoms with Crippen molar-refractivity contribution in [3.05, 3.63) is 36.7 Å². The number of methoxy groups -OCH3 is 1. The first-order chi connectivity index (χ1) is 16.2. The van der Waals surface area contributed by atoms with Gasteiger partial charge in [0.2, 0.25) is 5.91 Å². The van der Waals surface area contributed by atoms with Crippen LogP contribution in [0.15, 0.2) is 36.7 Å². The van der Waals surface area contributed by atoms with E-state index in [1.165, 1.54) is 6.42 Å². The van der Waals surface area contributed by atoms with Crippen LogP contribution in [-0.4, -0.2) is 73.7 Å². The van der Waals surface area contributed by atoms with E-state index in [4.69, 9.17) is 4.74 Å². The van der Waals surface area contributed by atoms with E-state index in [-0.39, 0.29) is 5.91 Å². The van der Waals surface area contributed by atoms with Gasteiger partial charge in [0.15, 0.2) is 0 Å². The summed E-state index contributed by atoms with van der Waals surface area (Å²) in [6.45, 7) is 8.15. The van der Waals surface area contributed by atoms with Gasteiger partial charge >= 0.3 is 0 Å². The van der Waals surface area contributed by atoms with E-state index >= 15 is 0 Å². The number of ether oxygens (including phenoxy) is 1. The number of rotatable bonds is 8. The molecule has 0 aliphatic carbocycles. The maximum atomic E-state index is 12.9. The molecule has 2 aliphatic rings. The predicted molar refractivity (Wildman–Crippen MR) is 132 cm³/mol. The number of amides is 1. The zero-order chi connectivity index (χ0) is 23.0. The summed E-state index contributed by atoms with van der Waals surface area (Å²) in [6.07, 6.45) is 5.52. The lowest BCUT2D eigenvalue weighted by Gasteiger charge is -2.37. The SMILES string of the molecule is CCNc1cc(N2CCCC(CCC(=O)N3CCN(c4cccc(OC)c4)CC3)C2)ncn1. The molecule has 1 N–H and O–H groups in total. The quantitative estimate of drug-likeness (QED) is 0.659. The number of benzene rings is 1. The minimum absolute atomic E-state index is 0.286. The van der Waals surface area contributed by atoms with Gasteiger partial charge in [0.1, 0.15) is 23.7 Å². The van der Waals surface area contributed by atoms with E-state index in [9.17, 15) is 4.79 Å². The van der Waals surface area contributed by atoms with Gasteiger partial charge in [-0.05, 0) is 44.2 Å². The summed E-state index contributed by atoms with van der Waals surface area (Å²) in [5.74, 6) is 3.53. The lowest BCUT2D eigenvalue weighted by Crippen LogP contribution is -2.49. The Labute approximate surface area is 196 Å². The van der Waals surface area contributed by atoms with Crippen LogP contribution < -0.4 is 19.9 Å². The molecule has 1 aromatic heterocycles. The number of carbonyl (C=O) groups excluding carboxylic acids is 1. The number of hydrogen-bond donors (Lipinski definition) is 1. The van der Waals surface area contributed by atoms with E-state index in [1.54, 1.807) is 13.4 Å². The smallest absolute Gasteiger partial charge is 0.222 e. The van der Waals surface area contributed by atoms with E-state index in [1.807, 2.05) is 23.1 Å². The molecule has 1 amide bonds. The Morgan fingerprint density at radius 1 is 1.12 bits per heavy atom. The average molecular weight is 453 g/mol. The van der Waals surface area contributed by atoms with Crippen LogP contribution in [0.5, 0.6) is 5.75 Å². The van der Waals surface area contributed by atoms with Crippen molar-refractivity contribution in [1.29, 1.82) is 0 Å². The molecule has 178 valence electrons. The molecule has 33 heavy (non-hydrogen) atoms. The predicted octanol–water partition coefficient (Wildman–Crippen LogP) is 3.26. The Morgan fingerprint density at radius 3 is 2.76 bits per heavy atom. The van der Waals surface area contributed by atoms with Gasteiger partial charge in [0.05, 0.1) is 7.11 Å². The second-order valence-corrected chi connectivity index (χ2v) is 8.85. The van der Waals surface area contributed by atoms with Gasteiger partial charge in [-0.25, -0.2) is 9.97 Å². The number of piperidine rings is 1. The van der Waals surface area contributed by atoms with Crippen molar-refractivity contribution >= 4 is 23.2 Å². The van der Waals surface area contributed by atoms with Gasteiger partial charge < -0.3 is 24.8 Å². The Kier molecular flexibility index (Phi) is 7.86. The molecule has 2 aliphatic heterocycles. The van der Waals surface area contributed by atoms with E-state index in [2.05, 4.69) is 44.1 Å². The topological polar surface area (TPSA) is 73.8 Å². The van der Waals surface area contributed by atoms with Crippen molar-refractivity contribution in [1.82, 2.24) is 14.9 Å². The highest BCUT2D eigenvalue weighted by Gasteiger charge is 2.25. The molecule has 8 nitrogen and oxygen atoms in total. The number of nitrogens with zero attached hydrogens (tertiary/aromatic N) is 5. The van der Waals surface area contributed by atoms with Crippen molar-refractivity contribution in [3.63, 3.8) is 0 Å². The van der Waals surface area contributed by atoms with Crippen molar-refractivity contribution in [2.75, 3.05) is 68.0 Å². The molecule has 4 rings (SSSR count). The van der Waals surface area contributed by atoms with Crippen molar-refractivity contribution in [2.24, 2.45) is 5.92 Å². The number of nitrogens with one attached hydrogen (secondary N) is 1. The van der Waals surface area contributed by atoms with Crippen LogP contribution in [0.25, 0.3) is 0 Å². The second-order valence-electron chi connectivity index (χ2n) is 8.85. The molecule has 1 aromatic carbocycles. The summed E-state index contributed by atoms with van der Waals surface area (Å²) >= 11 is 0. The normalized spacial score (nSPS) is 18.8. The zero-order valence-corrected chi connectivity index (χ0v) is 19.9.